The standard InChI is InChI=1S/C11H13NO3/c1-12(2)10-8(11(14)15-3)6-4-5-7-9(10)13/h4-7H,1-3H3. The molecule has 0 aliphatic rings. The Bertz CT molecular complexity index is 426. The summed E-state index contributed by atoms with van der Waals surface area (Å²) in [6.45, 7) is 0. The van der Waals surface area contributed by atoms with E-state index in [0.717, 1.165) is 0 Å². The molecule has 0 aliphatic carbocycles. The fourth-order valence-corrected chi connectivity index (χ4v) is 1.32. The van der Waals surface area contributed by atoms with Crippen LogP contribution in [0.3, 0.4) is 0 Å². The Hall–Kier alpha value is -1.84. The first-order valence-corrected chi connectivity index (χ1v) is 4.47. The zero-order chi connectivity index (χ0) is 11.4. The van der Waals surface area contributed by atoms with Gasteiger partial charge in [0.15, 0.2) is 0 Å². The van der Waals surface area contributed by atoms with E-state index in [4.69, 9.17) is 0 Å². The SMILES string of the molecule is COC(=O)c1ccccc(=O)c1N(C)C. The van der Waals surface area contributed by atoms with Gasteiger partial charge in [0.2, 0.25) is 5.43 Å². The van der Waals surface area contributed by atoms with Crippen LogP contribution in [0.2, 0.25) is 0 Å². The van der Waals surface area contributed by atoms with Crippen molar-refractivity contribution in [3.05, 3.63) is 40.1 Å². The van der Waals surface area contributed by atoms with Crippen molar-refractivity contribution in [2.24, 2.45) is 0 Å². The fraction of sp³-hybridized carbons (Fsp3) is 0.273. The predicted molar refractivity (Wildman–Crippen MR) is 58.4 cm³/mol. The quantitative estimate of drug-likeness (QED) is 0.676. The third-order valence-electron chi connectivity index (χ3n) is 1.96. The predicted octanol–water partition coefficient (Wildman–Crippen LogP) is 0.899. The Balaban J connectivity index is 3.51. The van der Waals surface area contributed by atoms with Gasteiger partial charge in [-0.2, -0.15) is 0 Å². The molecule has 0 spiro atoms. The molecule has 0 amide bonds. The number of hydrogen-bond acceptors (Lipinski definition) is 4. The second kappa shape index (κ2) is 4.59. The van der Waals surface area contributed by atoms with Crippen molar-refractivity contribution in [2.75, 3.05) is 26.1 Å². The number of nitrogens with zero attached hydrogens (tertiary/aromatic N) is 1. The summed E-state index contributed by atoms with van der Waals surface area (Å²) in [5.74, 6) is -0.507. The fourth-order valence-electron chi connectivity index (χ4n) is 1.32. The average Bonchev–Trinajstić information content (AvgIpc) is 2.38. The first-order chi connectivity index (χ1) is 7.07. The minimum absolute atomic E-state index is 0.203. The molecule has 0 atom stereocenters. The van der Waals surface area contributed by atoms with Gasteiger partial charge >= 0.3 is 5.97 Å². The molecule has 15 heavy (non-hydrogen) atoms. The molecule has 0 aromatic heterocycles. The van der Waals surface area contributed by atoms with Gasteiger partial charge in [-0.25, -0.2) is 4.79 Å². The third kappa shape index (κ3) is 2.34. The lowest BCUT2D eigenvalue weighted by Crippen LogP contribution is -2.21. The van der Waals surface area contributed by atoms with Crippen LogP contribution in [0.5, 0.6) is 0 Å². The van der Waals surface area contributed by atoms with Crippen LogP contribution < -0.4 is 10.3 Å². The zero-order valence-corrected chi connectivity index (χ0v) is 8.98. The van der Waals surface area contributed by atoms with Crippen molar-refractivity contribution in [3.8, 4) is 0 Å². The minimum atomic E-state index is -0.507. The molecule has 80 valence electrons. The Morgan fingerprint density at radius 1 is 1.27 bits per heavy atom. The number of ether oxygens (including phenoxy) is 1. The number of methoxy groups -OCH3 is 1. The van der Waals surface area contributed by atoms with Crippen LogP contribution in [0.4, 0.5) is 5.69 Å². The van der Waals surface area contributed by atoms with Gasteiger partial charge in [-0.3, -0.25) is 4.79 Å². The van der Waals surface area contributed by atoms with Crippen LogP contribution in [-0.4, -0.2) is 27.2 Å². The molecule has 0 heterocycles. The number of carbonyl (C=O) groups is 1. The zero-order valence-electron chi connectivity index (χ0n) is 8.98. The van der Waals surface area contributed by atoms with E-state index in [1.807, 2.05) is 0 Å². The van der Waals surface area contributed by atoms with Gasteiger partial charge in [0, 0.05) is 14.1 Å². The number of rotatable bonds is 2. The van der Waals surface area contributed by atoms with E-state index in [0.29, 0.717) is 5.69 Å². The Labute approximate surface area is 88.1 Å². The maximum atomic E-state index is 11.7. The van der Waals surface area contributed by atoms with Gasteiger partial charge in [0.25, 0.3) is 0 Å². The van der Waals surface area contributed by atoms with E-state index >= 15 is 0 Å². The molecule has 0 aliphatic heterocycles. The molecule has 0 bridgehead atoms. The maximum Gasteiger partial charge on any atom is 0.340 e. The van der Waals surface area contributed by atoms with Crippen molar-refractivity contribution in [1.29, 1.82) is 0 Å². The topological polar surface area (TPSA) is 46.6 Å². The summed E-state index contributed by atoms with van der Waals surface area (Å²) in [5.41, 5.74) is 0.412. The van der Waals surface area contributed by atoms with E-state index in [-0.39, 0.29) is 11.0 Å². The molecule has 1 aromatic rings. The van der Waals surface area contributed by atoms with E-state index in [1.165, 1.54) is 13.2 Å². The lowest BCUT2D eigenvalue weighted by atomic mass is 10.2. The van der Waals surface area contributed by atoms with Crippen LogP contribution in [0, 0.1) is 0 Å². The van der Waals surface area contributed by atoms with Crippen molar-refractivity contribution >= 4 is 11.7 Å². The molecule has 0 unspecified atom stereocenters. The molecule has 1 rings (SSSR count). The smallest absolute Gasteiger partial charge is 0.340 e. The molecule has 0 saturated carbocycles. The highest BCUT2D eigenvalue weighted by atomic mass is 16.5. The first kappa shape index (κ1) is 11.2. The van der Waals surface area contributed by atoms with E-state index in [9.17, 15) is 9.59 Å². The summed E-state index contributed by atoms with van der Waals surface area (Å²) in [5, 5.41) is 0. The van der Waals surface area contributed by atoms with Crippen LogP contribution >= 0.6 is 0 Å². The molecule has 0 saturated heterocycles. The second-order valence-electron chi connectivity index (χ2n) is 3.23. The summed E-state index contributed by atoms with van der Waals surface area (Å²) < 4.78 is 4.62. The summed E-state index contributed by atoms with van der Waals surface area (Å²) in [6.07, 6.45) is 0. The van der Waals surface area contributed by atoms with Gasteiger partial charge < -0.3 is 9.64 Å². The minimum Gasteiger partial charge on any atom is -0.465 e. The molecule has 4 nitrogen and oxygen atoms in total. The van der Waals surface area contributed by atoms with E-state index in [1.54, 1.807) is 37.2 Å². The lowest BCUT2D eigenvalue weighted by Gasteiger charge is -2.12. The Morgan fingerprint density at radius 3 is 2.40 bits per heavy atom. The van der Waals surface area contributed by atoms with Gasteiger partial charge in [0.05, 0.1) is 18.4 Å². The van der Waals surface area contributed by atoms with Gasteiger partial charge in [0.1, 0.15) is 0 Å². The highest BCUT2D eigenvalue weighted by Gasteiger charge is 2.14. The normalized spacial score (nSPS) is 9.53. The summed E-state index contributed by atoms with van der Waals surface area (Å²) in [7, 11) is 4.71. The summed E-state index contributed by atoms with van der Waals surface area (Å²) in [6, 6.07) is 6.23. The van der Waals surface area contributed by atoms with Crippen LogP contribution in [0.25, 0.3) is 0 Å². The van der Waals surface area contributed by atoms with Gasteiger partial charge in [-0.1, -0.05) is 12.1 Å². The number of carbonyl (C=O) groups excluding carboxylic acids is 1. The van der Waals surface area contributed by atoms with Gasteiger partial charge in [-0.15, -0.1) is 0 Å². The molecular weight excluding hydrogens is 194 g/mol. The van der Waals surface area contributed by atoms with Crippen LogP contribution in [0.1, 0.15) is 10.4 Å². The van der Waals surface area contributed by atoms with Crippen molar-refractivity contribution in [1.82, 2.24) is 0 Å². The summed E-state index contributed by atoms with van der Waals surface area (Å²) >= 11 is 0. The molecular formula is C11H13NO3. The highest BCUT2D eigenvalue weighted by Crippen LogP contribution is 2.12. The lowest BCUT2D eigenvalue weighted by molar-refractivity contribution is 0.0601. The Kier molecular flexibility index (Phi) is 3.44. The highest BCUT2D eigenvalue weighted by molar-refractivity contribution is 5.95. The van der Waals surface area contributed by atoms with Crippen LogP contribution in [0.15, 0.2) is 29.1 Å². The van der Waals surface area contributed by atoms with Crippen molar-refractivity contribution in [2.45, 2.75) is 0 Å². The molecule has 0 fully saturated rings. The first-order valence-electron chi connectivity index (χ1n) is 4.47. The summed E-state index contributed by atoms with van der Waals surface area (Å²) in [4.78, 5) is 24.7. The second-order valence-corrected chi connectivity index (χ2v) is 3.23. The van der Waals surface area contributed by atoms with E-state index in [2.05, 4.69) is 4.74 Å². The average molecular weight is 207 g/mol. The number of esters is 1. The monoisotopic (exact) mass is 207 g/mol. The number of anilines is 1. The largest absolute Gasteiger partial charge is 0.465 e. The maximum absolute atomic E-state index is 11.7. The molecule has 4 heteroatoms. The molecule has 0 radical (unpaired) electrons. The Morgan fingerprint density at radius 2 is 1.87 bits per heavy atom. The third-order valence-corrected chi connectivity index (χ3v) is 1.96. The van der Waals surface area contributed by atoms with Crippen LogP contribution in [-0.2, 0) is 4.74 Å². The van der Waals surface area contributed by atoms with E-state index < -0.39 is 5.97 Å². The van der Waals surface area contributed by atoms with Crippen molar-refractivity contribution in [3.63, 3.8) is 0 Å². The molecule has 0 N–H and O–H groups in total. The molecule has 1 aromatic carbocycles. The number of hydrogen-bond donors (Lipinski definition) is 0. The van der Waals surface area contributed by atoms with Crippen molar-refractivity contribution < 1.29 is 9.53 Å². The van der Waals surface area contributed by atoms with Gasteiger partial charge in [-0.05, 0) is 12.1 Å².